The van der Waals surface area contributed by atoms with E-state index < -0.39 is 0 Å². The Labute approximate surface area is 133 Å². The standard InChI is InChI=1S/C15H17N7O/c1-21-9-7-16-10-12(21)14-19-15(23-20-14)11-4-2-5-13(18-11)22-8-3-6-17-22/h2-6,8,12,16H,7,9-10H2,1H3. The Kier molecular flexibility index (Phi) is 3.60. The van der Waals surface area contributed by atoms with Gasteiger partial charge in [0.15, 0.2) is 11.6 Å². The highest BCUT2D eigenvalue weighted by molar-refractivity contribution is 5.48. The van der Waals surface area contributed by atoms with E-state index in [4.69, 9.17) is 4.52 Å². The number of rotatable bonds is 3. The van der Waals surface area contributed by atoms with Gasteiger partial charge < -0.3 is 9.84 Å². The van der Waals surface area contributed by atoms with E-state index in [2.05, 4.69) is 37.5 Å². The Hall–Kier alpha value is -2.58. The molecule has 0 aromatic carbocycles. The first-order chi connectivity index (χ1) is 11.3. The third-order valence-electron chi connectivity index (χ3n) is 3.94. The summed E-state index contributed by atoms with van der Waals surface area (Å²) in [5.41, 5.74) is 0.642. The predicted molar refractivity (Wildman–Crippen MR) is 82.9 cm³/mol. The number of pyridine rings is 1. The van der Waals surface area contributed by atoms with E-state index in [0.717, 1.165) is 19.6 Å². The lowest BCUT2D eigenvalue weighted by molar-refractivity contribution is 0.190. The van der Waals surface area contributed by atoms with Crippen LogP contribution in [-0.2, 0) is 0 Å². The van der Waals surface area contributed by atoms with Crippen molar-refractivity contribution in [2.45, 2.75) is 6.04 Å². The molecule has 1 atom stereocenters. The molecule has 118 valence electrons. The second kappa shape index (κ2) is 5.90. The van der Waals surface area contributed by atoms with Gasteiger partial charge in [-0.3, -0.25) is 4.90 Å². The van der Waals surface area contributed by atoms with E-state index >= 15 is 0 Å². The molecule has 4 heterocycles. The minimum atomic E-state index is 0.121. The third kappa shape index (κ3) is 2.73. The summed E-state index contributed by atoms with van der Waals surface area (Å²) in [7, 11) is 2.07. The molecule has 4 rings (SSSR count). The quantitative estimate of drug-likeness (QED) is 0.769. The van der Waals surface area contributed by atoms with Crippen molar-refractivity contribution in [3.63, 3.8) is 0 Å². The topological polar surface area (TPSA) is 84.9 Å². The number of likely N-dealkylation sites (N-methyl/N-ethyl adjacent to an activating group) is 1. The summed E-state index contributed by atoms with van der Waals surface area (Å²) >= 11 is 0. The van der Waals surface area contributed by atoms with Gasteiger partial charge >= 0.3 is 0 Å². The summed E-state index contributed by atoms with van der Waals surface area (Å²) in [6.07, 6.45) is 3.55. The summed E-state index contributed by atoms with van der Waals surface area (Å²) in [6.45, 7) is 2.75. The van der Waals surface area contributed by atoms with E-state index in [1.54, 1.807) is 10.9 Å². The lowest BCUT2D eigenvalue weighted by atomic mass is 10.2. The Morgan fingerprint density at radius 3 is 3.04 bits per heavy atom. The van der Waals surface area contributed by atoms with Gasteiger partial charge in [0.1, 0.15) is 5.69 Å². The number of nitrogens with zero attached hydrogens (tertiary/aromatic N) is 6. The zero-order valence-corrected chi connectivity index (χ0v) is 12.8. The van der Waals surface area contributed by atoms with Crippen molar-refractivity contribution in [2.75, 3.05) is 26.7 Å². The molecule has 1 aliphatic rings. The van der Waals surface area contributed by atoms with Crippen LogP contribution in [0.25, 0.3) is 17.4 Å². The normalized spacial score (nSPS) is 19.1. The molecule has 1 saturated heterocycles. The van der Waals surface area contributed by atoms with Crippen LogP contribution in [0.5, 0.6) is 0 Å². The molecule has 3 aromatic rings. The molecular formula is C15H17N7O. The molecule has 1 unspecified atom stereocenters. The van der Waals surface area contributed by atoms with E-state index in [1.165, 1.54) is 0 Å². The summed E-state index contributed by atoms with van der Waals surface area (Å²) in [4.78, 5) is 11.3. The molecule has 0 bridgehead atoms. The summed E-state index contributed by atoms with van der Waals surface area (Å²) in [5.74, 6) is 1.82. The molecule has 23 heavy (non-hydrogen) atoms. The lowest BCUT2D eigenvalue weighted by Gasteiger charge is -2.30. The first-order valence-electron chi connectivity index (χ1n) is 7.53. The van der Waals surface area contributed by atoms with Crippen molar-refractivity contribution in [3.05, 3.63) is 42.5 Å². The van der Waals surface area contributed by atoms with Gasteiger partial charge in [0.2, 0.25) is 0 Å². The van der Waals surface area contributed by atoms with E-state index in [0.29, 0.717) is 23.2 Å². The second-order valence-corrected chi connectivity index (χ2v) is 5.49. The molecule has 0 aliphatic carbocycles. The molecule has 0 spiro atoms. The highest BCUT2D eigenvalue weighted by Gasteiger charge is 2.25. The van der Waals surface area contributed by atoms with Crippen LogP contribution in [0.15, 0.2) is 41.2 Å². The highest BCUT2D eigenvalue weighted by Crippen LogP contribution is 2.22. The molecule has 0 radical (unpaired) electrons. The van der Waals surface area contributed by atoms with Gasteiger partial charge in [-0.2, -0.15) is 10.1 Å². The van der Waals surface area contributed by atoms with Gasteiger partial charge in [0.25, 0.3) is 5.89 Å². The first-order valence-corrected chi connectivity index (χ1v) is 7.53. The SMILES string of the molecule is CN1CCNCC1c1noc(-c2cccc(-n3cccn3)n2)n1. The number of hydrogen-bond donors (Lipinski definition) is 1. The number of nitrogens with one attached hydrogen (secondary N) is 1. The van der Waals surface area contributed by atoms with Crippen molar-refractivity contribution in [1.82, 2.24) is 35.1 Å². The second-order valence-electron chi connectivity index (χ2n) is 5.49. The molecule has 0 saturated carbocycles. The molecular weight excluding hydrogens is 294 g/mol. The average Bonchev–Trinajstić information content (AvgIpc) is 3.27. The number of hydrogen-bond acceptors (Lipinski definition) is 7. The summed E-state index contributed by atoms with van der Waals surface area (Å²) in [5, 5.41) is 11.7. The number of aromatic nitrogens is 5. The van der Waals surface area contributed by atoms with Gasteiger partial charge in [-0.15, -0.1) is 0 Å². The molecule has 8 heteroatoms. The van der Waals surface area contributed by atoms with Gasteiger partial charge in [0, 0.05) is 32.0 Å². The van der Waals surface area contributed by atoms with Crippen LogP contribution in [0.1, 0.15) is 11.9 Å². The summed E-state index contributed by atoms with van der Waals surface area (Å²) < 4.78 is 7.11. The largest absolute Gasteiger partial charge is 0.332 e. The minimum Gasteiger partial charge on any atom is -0.332 e. The van der Waals surface area contributed by atoms with E-state index in [-0.39, 0.29) is 6.04 Å². The van der Waals surface area contributed by atoms with Crippen LogP contribution < -0.4 is 5.32 Å². The van der Waals surface area contributed by atoms with E-state index in [9.17, 15) is 0 Å². The molecule has 1 fully saturated rings. The molecule has 1 N–H and O–H groups in total. The maximum Gasteiger partial charge on any atom is 0.276 e. The molecule has 0 amide bonds. The Balaban J connectivity index is 1.63. The minimum absolute atomic E-state index is 0.121. The molecule has 3 aromatic heterocycles. The zero-order chi connectivity index (χ0) is 15.6. The Morgan fingerprint density at radius 2 is 2.22 bits per heavy atom. The van der Waals surface area contributed by atoms with Crippen molar-refractivity contribution >= 4 is 0 Å². The van der Waals surface area contributed by atoms with Gasteiger partial charge in [-0.25, -0.2) is 9.67 Å². The molecule has 1 aliphatic heterocycles. The first kappa shape index (κ1) is 14.0. The predicted octanol–water partition coefficient (Wildman–Crippen LogP) is 0.893. The fraction of sp³-hybridized carbons (Fsp3) is 0.333. The van der Waals surface area contributed by atoms with Crippen molar-refractivity contribution in [2.24, 2.45) is 0 Å². The van der Waals surface area contributed by atoms with Gasteiger partial charge in [-0.1, -0.05) is 11.2 Å². The maximum atomic E-state index is 5.42. The van der Waals surface area contributed by atoms with E-state index in [1.807, 2.05) is 30.5 Å². The maximum absolute atomic E-state index is 5.42. The monoisotopic (exact) mass is 311 g/mol. The number of piperazine rings is 1. The smallest absolute Gasteiger partial charge is 0.276 e. The van der Waals surface area contributed by atoms with Crippen LogP contribution >= 0.6 is 0 Å². The third-order valence-corrected chi connectivity index (χ3v) is 3.94. The van der Waals surface area contributed by atoms with Crippen LogP contribution in [0.3, 0.4) is 0 Å². The highest BCUT2D eigenvalue weighted by atomic mass is 16.5. The average molecular weight is 311 g/mol. The van der Waals surface area contributed by atoms with Crippen LogP contribution in [0.4, 0.5) is 0 Å². The fourth-order valence-electron chi connectivity index (χ4n) is 2.64. The van der Waals surface area contributed by atoms with Crippen LogP contribution in [0, 0.1) is 0 Å². The van der Waals surface area contributed by atoms with Crippen LogP contribution in [0.2, 0.25) is 0 Å². The lowest BCUT2D eigenvalue weighted by Crippen LogP contribution is -2.44. The fourth-order valence-corrected chi connectivity index (χ4v) is 2.64. The van der Waals surface area contributed by atoms with Gasteiger partial charge in [0.05, 0.1) is 6.04 Å². The van der Waals surface area contributed by atoms with Crippen LogP contribution in [-0.4, -0.2) is 56.5 Å². The molecule has 8 nitrogen and oxygen atoms in total. The Morgan fingerprint density at radius 1 is 1.26 bits per heavy atom. The van der Waals surface area contributed by atoms with Crippen molar-refractivity contribution in [3.8, 4) is 17.4 Å². The Bertz CT molecular complexity index is 783. The van der Waals surface area contributed by atoms with Crippen molar-refractivity contribution < 1.29 is 4.52 Å². The zero-order valence-electron chi connectivity index (χ0n) is 12.8. The van der Waals surface area contributed by atoms with Crippen molar-refractivity contribution in [1.29, 1.82) is 0 Å². The van der Waals surface area contributed by atoms with Gasteiger partial charge in [-0.05, 0) is 25.2 Å². The summed E-state index contributed by atoms with van der Waals surface area (Å²) in [6, 6.07) is 7.61.